The van der Waals surface area contributed by atoms with Crippen molar-refractivity contribution in [2.24, 2.45) is 0 Å². The van der Waals surface area contributed by atoms with Gasteiger partial charge in [0.1, 0.15) is 0 Å². The Morgan fingerprint density at radius 3 is 2.54 bits per heavy atom. The van der Waals surface area contributed by atoms with Gasteiger partial charge in [0.2, 0.25) is 5.91 Å². The molecule has 0 saturated carbocycles. The molecule has 0 bridgehead atoms. The molecule has 0 spiro atoms. The molecule has 1 N–H and O–H groups in total. The standard InChI is InChI=1S/C21H27N3OS/c1-18(20-10-6-16-26-20)22-21(25)17-24-14-12-23(13-15-24)11-5-9-19-7-3-2-4-8-19/h2-10,16,18H,11-15,17H2,1H3,(H,22,25). The van der Waals surface area contributed by atoms with Gasteiger partial charge < -0.3 is 5.32 Å². The average molecular weight is 370 g/mol. The van der Waals surface area contributed by atoms with E-state index in [1.165, 1.54) is 10.4 Å². The smallest absolute Gasteiger partial charge is 0.234 e. The molecule has 4 nitrogen and oxygen atoms in total. The van der Waals surface area contributed by atoms with Crippen LogP contribution in [0, 0.1) is 0 Å². The fourth-order valence-electron chi connectivity index (χ4n) is 3.13. The van der Waals surface area contributed by atoms with Crippen LogP contribution in [0.4, 0.5) is 0 Å². The van der Waals surface area contributed by atoms with E-state index in [0.29, 0.717) is 6.54 Å². The fourth-order valence-corrected chi connectivity index (χ4v) is 3.87. The van der Waals surface area contributed by atoms with Gasteiger partial charge in [0.15, 0.2) is 0 Å². The third-order valence-corrected chi connectivity index (χ3v) is 5.71. The van der Waals surface area contributed by atoms with Gasteiger partial charge in [0.25, 0.3) is 0 Å². The highest BCUT2D eigenvalue weighted by atomic mass is 32.1. The van der Waals surface area contributed by atoms with Crippen molar-refractivity contribution in [3.8, 4) is 0 Å². The topological polar surface area (TPSA) is 35.6 Å². The number of piperazine rings is 1. The number of benzene rings is 1. The van der Waals surface area contributed by atoms with E-state index in [4.69, 9.17) is 0 Å². The van der Waals surface area contributed by atoms with E-state index in [1.54, 1.807) is 11.3 Å². The number of rotatable bonds is 7. The number of hydrogen-bond donors (Lipinski definition) is 1. The summed E-state index contributed by atoms with van der Waals surface area (Å²) < 4.78 is 0. The molecule has 2 heterocycles. The lowest BCUT2D eigenvalue weighted by atomic mass is 10.2. The highest BCUT2D eigenvalue weighted by Gasteiger charge is 2.19. The van der Waals surface area contributed by atoms with Gasteiger partial charge in [-0.2, -0.15) is 0 Å². The maximum absolute atomic E-state index is 12.3. The number of hydrogen-bond acceptors (Lipinski definition) is 4. The molecule has 1 aliphatic heterocycles. The summed E-state index contributed by atoms with van der Waals surface area (Å²) in [5, 5.41) is 5.14. The van der Waals surface area contributed by atoms with Crippen LogP contribution in [-0.2, 0) is 4.79 Å². The van der Waals surface area contributed by atoms with Gasteiger partial charge in [-0.05, 0) is 23.9 Å². The highest BCUT2D eigenvalue weighted by Crippen LogP contribution is 2.17. The van der Waals surface area contributed by atoms with Gasteiger partial charge in [-0.15, -0.1) is 11.3 Å². The minimum absolute atomic E-state index is 0.0897. The third kappa shape index (κ3) is 5.80. The number of amides is 1. The molecule has 1 fully saturated rings. The molecule has 1 aromatic carbocycles. The van der Waals surface area contributed by atoms with Crippen molar-refractivity contribution < 1.29 is 4.79 Å². The lowest BCUT2D eigenvalue weighted by molar-refractivity contribution is -0.123. The Bertz CT molecular complexity index is 691. The van der Waals surface area contributed by atoms with E-state index in [9.17, 15) is 4.79 Å². The van der Waals surface area contributed by atoms with Crippen molar-refractivity contribution in [1.29, 1.82) is 0 Å². The molecule has 1 aliphatic rings. The van der Waals surface area contributed by atoms with Gasteiger partial charge in [-0.25, -0.2) is 0 Å². The maximum Gasteiger partial charge on any atom is 0.234 e. The number of thiophene rings is 1. The van der Waals surface area contributed by atoms with Crippen molar-refractivity contribution in [3.05, 3.63) is 64.4 Å². The lowest BCUT2D eigenvalue weighted by Crippen LogP contribution is -2.49. The van der Waals surface area contributed by atoms with Crippen LogP contribution in [-0.4, -0.2) is 55.0 Å². The zero-order valence-electron chi connectivity index (χ0n) is 15.3. The van der Waals surface area contributed by atoms with E-state index in [2.05, 4.69) is 57.6 Å². The summed E-state index contributed by atoms with van der Waals surface area (Å²) >= 11 is 1.68. The van der Waals surface area contributed by atoms with Crippen LogP contribution in [0.15, 0.2) is 53.9 Å². The van der Waals surface area contributed by atoms with Crippen molar-refractivity contribution in [3.63, 3.8) is 0 Å². The predicted molar refractivity (Wildman–Crippen MR) is 109 cm³/mol. The molecule has 0 aliphatic carbocycles. The first-order valence-electron chi connectivity index (χ1n) is 9.20. The molecule has 5 heteroatoms. The molecule has 1 aromatic heterocycles. The van der Waals surface area contributed by atoms with E-state index < -0.39 is 0 Å². The second-order valence-electron chi connectivity index (χ2n) is 6.69. The minimum atomic E-state index is 0.0897. The second kappa shape index (κ2) is 9.67. The summed E-state index contributed by atoms with van der Waals surface area (Å²) in [6.07, 6.45) is 4.40. The monoisotopic (exact) mass is 369 g/mol. The second-order valence-corrected chi connectivity index (χ2v) is 7.67. The molecule has 1 unspecified atom stereocenters. The van der Waals surface area contributed by atoms with Gasteiger partial charge in [0, 0.05) is 37.6 Å². The highest BCUT2D eigenvalue weighted by molar-refractivity contribution is 7.10. The van der Waals surface area contributed by atoms with Crippen molar-refractivity contribution in [1.82, 2.24) is 15.1 Å². The molecular weight excluding hydrogens is 342 g/mol. The Kier molecular flexibility index (Phi) is 7.00. The zero-order valence-corrected chi connectivity index (χ0v) is 16.1. The van der Waals surface area contributed by atoms with Crippen LogP contribution < -0.4 is 5.32 Å². The Balaban J connectivity index is 1.35. The number of carbonyl (C=O) groups is 1. The SMILES string of the molecule is CC(NC(=O)CN1CCN(CC=Cc2ccccc2)CC1)c1cccs1. The fraction of sp³-hybridized carbons (Fsp3) is 0.381. The predicted octanol–water partition coefficient (Wildman–Crippen LogP) is 3.26. The van der Waals surface area contributed by atoms with E-state index in [1.807, 2.05) is 24.4 Å². The Hall–Kier alpha value is -1.95. The lowest BCUT2D eigenvalue weighted by Gasteiger charge is -2.33. The van der Waals surface area contributed by atoms with E-state index in [-0.39, 0.29) is 11.9 Å². The molecule has 3 rings (SSSR count). The molecule has 1 atom stereocenters. The van der Waals surface area contributed by atoms with Crippen LogP contribution in [0.2, 0.25) is 0 Å². The Morgan fingerprint density at radius 1 is 1.12 bits per heavy atom. The molecule has 138 valence electrons. The number of carbonyl (C=O) groups excluding carboxylic acids is 1. The van der Waals surface area contributed by atoms with Crippen molar-refractivity contribution in [2.45, 2.75) is 13.0 Å². The maximum atomic E-state index is 12.3. The first-order valence-corrected chi connectivity index (χ1v) is 10.1. The first kappa shape index (κ1) is 18.8. The molecule has 0 radical (unpaired) electrons. The normalized spacial score (nSPS) is 17.4. The van der Waals surface area contributed by atoms with E-state index >= 15 is 0 Å². The summed E-state index contributed by atoms with van der Waals surface area (Å²) in [5.41, 5.74) is 1.24. The summed E-state index contributed by atoms with van der Waals surface area (Å²) in [4.78, 5) is 18.1. The first-order chi connectivity index (χ1) is 12.7. The molecule has 1 saturated heterocycles. The average Bonchev–Trinajstić information content (AvgIpc) is 3.19. The Labute approximate surface area is 160 Å². The third-order valence-electron chi connectivity index (χ3n) is 4.65. The molecule has 2 aromatic rings. The Morgan fingerprint density at radius 2 is 1.85 bits per heavy atom. The van der Waals surface area contributed by atoms with Gasteiger partial charge in [0.05, 0.1) is 12.6 Å². The largest absolute Gasteiger partial charge is 0.348 e. The van der Waals surface area contributed by atoms with Crippen LogP contribution >= 0.6 is 11.3 Å². The summed E-state index contributed by atoms with van der Waals surface area (Å²) in [6.45, 7) is 7.40. The molecule has 26 heavy (non-hydrogen) atoms. The molecule has 1 amide bonds. The van der Waals surface area contributed by atoms with E-state index in [0.717, 1.165) is 32.7 Å². The van der Waals surface area contributed by atoms with Crippen LogP contribution in [0.3, 0.4) is 0 Å². The van der Waals surface area contributed by atoms with Crippen LogP contribution in [0.1, 0.15) is 23.4 Å². The van der Waals surface area contributed by atoms with Crippen LogP contribution in [0.5, 0.6) is 0 Å². The summed E-state index contributed by atoms with van der Waals surface area (Å²) in [6, 6.07) is 14.6. The van der Waals surface area contributed by atoms with Gasteiger partial charge in [-0.3, -0.25) is 14.6 Å². The van der Waals surface area contributed by atoms with Crippen LogP contribution in [0.25, 0.3) is 6.08 Å². The van der Waals surface area contributed by atoms with Gasteiger partial charge in [-0.1, -0.05) is 48.6 Å². The van der Waals surface area contributed by atoms with Gasteiger partial charge >= 0.3 is 0 Å². The molecular formula is C21H27N3OS. The minimum Gasteiger partial charge on any atom is -0.348 e. The number of nitrogens with one attached hydrogen (secondary N) is 1. The van der Waals surface area contributed by atoms with Crippen molar-refractivity contribution >= 4 is 23.3 Å². The number of nitrogens with zero attached hydrogens (tertiary/aromatic N) is 2. The summed E-state index contributed by atoms with van der Waals surface area (Å²) in [5.74, 6) is 0.114. The quantitative estimate of drug-likeness (QED) is 0.814. The van der Waals surface area contributed by atoms with Crippen molar-refractivity contribution in [2.75, 3.05) is 39.3 Å². The summed E-state index contributed by atoms with van der Waals surface area (Å²) in [7, 11) is 0. The zero-order chi connectivity index (χ0) is 18.2.